The van der Waals surface area contributed by atoms with Crippen LogP contribution in [0.3, 0.4) is 0 Å². The van der Waals surface area contributed by atoms with E-state index in [0.29, 0.717) is 17.6 Å². The summed E-state index contributed by atoms with van der Waals surface area (Å²) >= 11 is 0. The number of nitrogens with zero attached hydrogens (tertiary/aromatic N) is 7. The van der Waals surface area contributed by atoms with Crippen LogP contribution in [-0.4, -0.2) is 34.1 Å². The second-order valence-corrected chi connectivity index (χ2v) is 11.8. The van der Waals surface area contributed by atoms with Crippen molar-refractivity contribution >= 4 is 54.6 Å². The Bertz CT molecular complexity index is 2760. The summed E-state index contributed by atoms with van der Waals surface area (Å²) in [6, 6.07) is 47.6. The predicted molar refractivity (Wildman–Crippen MR) is 192 cm³/mol. The topological polar surface area (TPSA) is 74.3 Å². The van der Waals surface area contributed by atoms with E-state index < -0.39 is 0 Å². The highest BCUT2D eigenvalue weighted by Crippen LogP contribution is 2.45. The molecule has 0 fully saturated rings. The summed E-state index contributed by atoms with van der Waals surface area (Å²) in [7, 11) is 0. The molecule has 7 nitrogen and oxygen atoms in total. The van der Waals surface area contributed by atoms with Gasteiger partial charge < -0.3 is 4.57 Å². The van der Waals surface area contributed by atoms with Gasteiger partial charge in [-0.15, -0.1) is 0 Å². The lowest BCUT2D eigenvalue weighted by molar-refractivity contribution is 0.953. The Hall–Kier alpha value is -6.73. The van der Waals surface area contributed by atoms with E-state index in [0.717, 1.165) is 71.5 Å². The van der Waals surface area contributed by atoms with Crippen molar-refractivity contribution in [1.82, 2.24) is 34.1 Å². The Labute approximate surface area is 274 Å². The fourth-order valence-corrected chi connectivity index (χ4v) is 7.06. The summed E-state index contributed by atoms with van der Waals surface area (Å²) in [6.45, 7) is 0. The summed E-state index contributed by atoms with van der Waals surface area (Å²) in [5.74, 6) is 1.74. The van der Waals surface area contributed by atoms with Gasteiger partial charge in [0.1, 0.15) is 0 Å². The number of benzene rings is 6. The van der Waals surface area contributed by atoms with Crippen molar-refractivity contribution in [2.24, 2.45) is 0 Å². The van der Waals surface area contributed by atoms with Gasteiger partial charge in [0.05, 0.1) is 33.1 Å². The van der Waals surface area contributed by atoms with Gasteiger partial charge in [0.15, 0.2) is 11.6 Å². The van der Waals surface area contributed by atoms with Crippen LogP contribution in [0.5, 0.6) is 0 Å². The molecule has 0 unspecified atom stereocenters. The second kappa shape index (κ2) is 10.4. The summed E-state index contributed by atoms with van der Waals surface area (Å²) in [5, 5.41) is 4.19. The average molecular weight is 616 g/mol. The van der Waals surface area contributed by atoms with Gasteiger partial charge in [-0.2, -0.15) is 9.97 Å². The van der Waals surface area contributed by atoms with Gasteiger partial charge in [-0.3, -0.25) is 14.5 Å². The first-order valence-electron chi connectivity index (χ1n) is 15.9. The molecule has 0 amide bonds. The molecule has 10 aromatic rings. The van der Waals surface area contributed by atoms with Crippen molar-refractivity contribution < 1.29 is 0 Å². The molecular weight excluding hydrogens is 591 g/mol. The lowest BCUT2D eigenvalue weighted by Crippen LogP contribution is -2.07. The first-order valence-corrected chi connectivity index (χ1v) is 15.9. The zero-order chi connectivity index (χ0) is 31.6. The van der Waals surface area contributed by atoms with Crippen molar-refractivity contribution in [3.8, 4) is 34.4 Å². The Morgan fingerprint density at radius 1 is 0.396 bits per heavy atom. The van der Waals surface area contributed by atoms with Crippen LogP contribution in [0.2, 0.25) is 0 Å². The van der Waals surface area contributed by atoms with Crippen LogP contribution in [0, 0.1) is 0 Å². The normalized spacial score (nSPS) is 11.8. The molecular formula is C41H25N7. The molecule has 0 saturated carbocycles. The van der Waals surface area contributed by atoms with Gasteiger partial charge in [-0.25, -0.2) is 4.98 Å². The van der Waals surface area contributed by atoms with Gasteiger partial charge in [-0.05, 0) is 24.3 Å². The van der Waals surface area contributed by atoms with Crippen LogP contribution in [0.25, 0.3) is 89.1 Å². The molecule has 0 N–H and O–H groups in total. The lowest BCUT2D eigenvalue weighted by atomic mass is 10.1. The molecule has 0 atom stereocenters. The number of rotatable bonds is 4. The SMILES string of the molecule is c1ccc(-c2nc(-c3ccccc3)nc(-n3c4ccccc4c4c5nccnc5c5c6ccccc6n(-c6ccccc6)c5c43)n2)cc1. The van der Waals surface area contributed by atoms with E-state index in [1.54, 1.807) is 12.4 Å². The summed E-state index contributed by atoms with van der Waals surface area (Å²) in [5.41, 5.74) is 8.62. The van der Waals surface area contributed by atoms with E-state index in [-0.39, 0.29) is 0 Å². The fraction of sp³-hybridized carbons (Fsp3) is 0. The maximum Gasteiger partial charge on any atom is 0.238 e. The largest absolute Gasteiger partial charge is 0.307 e. The first-order chi connectivity index (χ1) is 23.8. The number of para-hydroxylation sites is 3. The minimum Gasteiger partial charge on any atom is -0.307 e. The van der Waals surface area contributed by atoms with E-state index in [2.05, 4.69) is 81.9 Å². The van der Waals surface area contributed by atoms with Crippen LogP contribution < -0.4 is 0 Å². The van der Waals surface area contributed by atoms with E-state index in [4.69, 9.17) is 24.9 Å². The van der Waals surface area contributed by atoms with E-state index in [1.165, 1.54) is 0 Å². The summed E-state index contributed by atoms with van der Waals surface area (Å²) < 4.78 is 4.54. The van der Waals surface area contributed by atoms with Crippen molar-refractivity contribution in [1.29, 1.82) is 0 Å². The van der Waals surface area contributed by atoms with Crippen LogP contribution in [0.1, 0.15) is 0 Å². The van der Waals surface area contributed by atoms with Gasteiger partial charge in [0.25, 0.3) is 0 Å². The third-order valence-corrected chi connectivity index (χ3v) is 9.05. The molecule has 224 valence electrons. The Morgan fingerprint density at radius 3 is 1.38 bits per heavy atom. The maximum atomic E-state index is 5.21. The molecule has 0 bridgehead atoms. The zero-order valence-electron chi connectivity index (χ0n) is 25.6. The van der Waals surface area contributed by atoms with Crippen LogP contribution >= 0.6 is 0 Å². The average Bonchev–Trinajstić information content (AvgIpc) is 3.70. The van der Waals surface area contributed by atoms with E-state index >= 15 is 0 Å². The number of hydrogen-bond donors (Lipinski definition) is 0. The highest BCUT2D eigenvalue weighted by atomic mass is 15.2. The highest BCUT2D eigenvalue weighted by molar-refractivity contribution is 6.34. The molecule has 0 aliphatic carbocycles. The Balaban J connectivity index is 1.47. The van der Waals surface area contributed by atoms with Crippen molar-refractivity contribution in [2.45, 2.75) is 0 Å². The molecule has 0 aliphatic rings. The zero-order valence-corrected chi connectivity index (χ0v) is 25.6. The monoisotopic (exact) mass is 615 g/mol. The van der Waals surface area contributed by atoms with E-state index in [9.17, 15) is 0 Å². The number of fused-ring (bicyclic) bond motifs is 10. The third-order valence-electron chi connectivity index (χ3n) is 9.05. The molecule has 0 saturated heterocycles. The molecule has 0 aliphatic heterocycles. The van der Waals surface area contributed by atoms with Gasteiger partial charge in [-0.1, -0.05) is 115 Å². The lowest BCUT2D eigenvalue weighted by Gasteiger charge is -2.14. The maximum absolute atomic E-state index is 5.21. The third kappa shape index (κ3) is 3.85. The summed E-state index contributed by atoms with van der Waals surface area (Å²) in [6.07, 6.45) is 3.56. The van der Waals surface area contributed by atoms with Crippen molar-refractivity contribution in [2.75, 3.05) is 0 Å². The Kier molecular flexibility index (Phi) is 5.74. The molecule has 7 heteroatoms. The standard InChI is InChI=1S/C41H25N7/c1-4-14-26(15-5-1)39-44-40(27-16-6-2-7-17-27)46-41(45-39)48-32-23-13-11-21-30(32)34-36-35(42-24-25-43-36)33-29-20-10-12-22-31(29)47(37(33)38(34)48)28-18-8-3-9-19-28/h1-25H. The first kappa shape index (κ1) is 26.5. The molecule has 0 spiro atoms. The number of hydrogen-bond acceptors (Lipinski definition) is 5. The molecule has 48 heavy (non-hydrogen) atoms. The summed E-state index contributed by atoms with van der Waals surface area (Å²) in [4.78, 5) is 25.4. The predicted octanol–water partition coefficient (Wildman–Crippen LogP) is 9.34. The molecule has 4 aromatic heterocycles. The number of aromatic nitrogens is 7. The molecule has 0 radical (unpaired) electrons. The molecule has 6 aromatic carbocycles. The quantitative estimate of drug-likeness (QED) is 0.197. The van der Waals surface area contributed by atoms with Crippen LogP contribution in [0.4, 0.5) is 0 Å². The van der Waals surface area contributed by atoms with Gasteiger partial charge >= 0.3 is 0 Å². The second-order valence-electron chi connectivity index (χ2n) is 11.8. The van der Waals surface area contributed by atoms with E-state index in [1.807, 2.05) is 66.7 Å². The minimum absolute atomic E-state index is 0.531. The van der Waals surface area contributed by atoms with Gasteiger partial charge in [0.2, 0.25) is 5.95 Å². The minimum atomic E-state index is 0.531. The molecule has 10 rings (SSSR count). The smallest absolute Gasteiger partial charge is 0.238 e. The van der Waals surface area contributed by atoms with Gasteiger partial charge in [0, 0.05) is 50.8 Å². The van der Waals surface area contributed by atoms with Crippen molar-refractivity contribution in [3.05, 3.63) is 152 Å². The van der Waals surface area contributed by atoms with Crippen LogP contribution in [-0.2, 0) is 0 Å². The van der Waals surface area contributed by atoms with Crippen molar-refractivity contribution in [3.63, 3.8) is 0 Å². The van der Waals surface area contributed by atoms with Crippen LogP contribution in [0.15, 0.2) is 152 Å². The molecule has 4 heterocycles. The highest BCUT2D eigenvalue weighted by Gasteiger charge is 2.27. The fourth-order valence-electron chi connectivity index (χ4n) is 7.06. The Morgan fingerprint density at radius 2 is 0.833 bits per heavy atom.